The van der Waals surface area contributed by atoms with Gasteiger partial charge in [-0.2, -0.15) is 0 Å². The number of nitrogens with zero attached hydrogens (tertiary/aromatic N) is 1. The molecule has 0 atom stereocenters. The minimum absolute atomic E-state index is 0.198. The Balaban J connectivity index is 3.06. The minimum Gasteiger partial charge on any atom is -0.399 e. The molecule has 2 N–H and O–H groups in total. The molecule has 86 valence electrons. The van der Waals surface area contributed by atoms with Crippen molar-refractivity contribution < 1.29 is 9.59 Å². The summed E-state index contributed by atoms with van der Waals surface area (Å²) in [5.74, 6) is -0.395. The Bertz CT molecular complexity index is 369. The van der Waals surface area contributed by atoms with E-state index in [2.05, 4.69) is 0 Å². The molecule has 1 rings (SSSR count). The second kappa shape index (κ2) is 5.30. The zero-order valence-electron chi connectivity index (χ0n) is 9.56. The Hall–Kier alpha value is -1.84. The molecule has 0 saturated carbocycles. The van der Waals surface area contributed by atoms with Gasteiger partial charge in [0.1, 0.15) is 0 Å². The van der Waals surface area contributed by atoms with Crippen LogP contribution in [0, 0.1) is 0 Å². The van der Waals surface area contributed by atoms with Gasteiger partial charge in [0, 0.05) is 18.5 Å². The Labute approximate surface area is 95.0 Å². The van der Waals surface area contributed by atoms with Crippen LogP contribution < -0.4 is 10.6 Å². The van der Waals surface area contributed by atoms with Crippen molar-refractivity contribution in [3.05, 3.63) is 24.3 Å². The lowest BCUT2D eigenvalue weighted by Gasteiger charge is -2.19. The van der Waals surface area contributed by atoms with E-state index in [1.165, 1.54) is 4.90 Å². The van der Waals surface area contributed by atoms with Gasteiger partial charge in [-0.05, 0) is 24.3 Å². The molecule has 0 unspecified atom stereocenters. The maximum Gasteiger partial charge on any atom is 0.233 e. The van der Waals surface area contributed by atoms with Gasteiger partial charge >= 0.3 is 0 Å². The Morgan fingerprint density at radius 1 is 1.06 bits per heavy atom. The first-order chi connectivity index (χ1) is 7.60. The maximum atomic E-state index is 11.7. The highest BCUT2D eigenvalue weighted by Gasteiger charge is 2.19. The molecule has 4 nitrogen and oxygen atoms in total. The van der Waals surface area contributed by atoms with Crippen LogP contribution in [0.15, 0.2) is 24.3 Å². The first-order valence-corrected chi connectivity index (χ1v) is 5.31. The number of benzene rings is 1. The van der Waals surface area contributed by atoms with Crippen LogP contribution in [0.2, 0.25) is 0 Å². The summed E-state index contributed by atoms with van der Waals surface area (Å²) >= 11 is 0. The average molecular weight is 220 g/mol. The van der Waals surface area contributed by atoms with Crippen molar-refractivity contribution in [2.75, 3.05) is 10.6 Å². The zero-order chi connectivity index (χ0) is 12.1. The normalized spacial score (nSPS) is 9.88. The van der Waals surface area contributed by atoms with Crippen molar-refractivity contribution in [1.29, 1.82) is 0 Å². The first kappa shape index (κ1) is 12.2. The molecule has 1 aromatic carbocycles. The van der Waals surface area contributed by atoms with Gasteiger partial charge in [0.2, 0.25) is 11.8 Å². The van der Waals surface area contributed by atoms with Crippen molar-refractivity contribution in [3.63, 3.8) is 0 Å². The van der Waals surface area contributed by atoms with Crippen molar-refractivity contribution >= 4 is 23.2 Å². The number of carbonyl (C=O) groups excluding carboxylic acids is 2. The lowest BCUT2D eigenvalue weighted by atomic mass is 10.2. The number of nitrogens with two attached hydrogens (primary N) is 1. The van der Waals surface area contributed by atoms with Crippen LogP contribution >= 0.6 is 0 Å². The third kappa shape index (κ3) is 2.59. The van der Waals surface area contributed by atoms with Gasteiger partial charge in [0.25, 0.3) is 0 Å². The molecule has 0 aliphatic heterocycles. The van der Waals surface area contributed by atoms with Gasteiger partial charge < -0.3 is 5.73 Å². The second-order valence-electron chi connectivity index (χ2n) is 3.42. The lowest BCUT2D eigenvalue weighted by Crippen LogP contribution is -2.35. The summed E-state index contributed by atoms with van der Waals surface area (Å²) < 4.78 is 0. The van der Waals surface area contributed by atoms with Gasteiger partial charge in [-0.1, -0.05) is 13.8 Å². The molecule has 0 aliphatic carbocycles. The highest BCUT2D eigenvalue weighted by molar-refractivity contribution is 6.14. The van der Waals surface area contributed by atoms with E-state index in [0.717, 1.165) is 0 Å². The van der Waals surface area contributed by atoms with E-state index in [1.54, 1.807) is 38.1 Å². The van der Waals surface area contributed by atoms with Crippen LogP contribution in [-0.4, -0.2) is 11.8 Å². The molecule has 0 fully saturated rings. The Morgan fingerprint density at radius 2 is 1.50 bits per heavy atom. The molecule has 0 aromatic heterocycles. The molecule has 1 aromatic rings. The third-order valence-electron chi connectivity index (χ3n) is 2.25. The Kier molecular flexibility index (Phi) is 4.05. The summed E-state index contributed by atoms with van der Waals surface area (Å²) in [6, 6.07) is 6.70. The molecule has 0 bridgehead atoms. The highest BCUT2D eigenvalue weighted by Crippen LogP contribution is 2.18. The number of carbonyl (C=O) groups is 2. The van der Waals surface area contributed by atoms with Crippen molar-refractivity contribution in [1.82, 2.24) is 0 Å². The predicted molar refractivity (Wildman–Crippen MR) is 63.9 cm³/mol. The molecule has 16 heavy (non-hydrogen) atoms. The predicted octanol–water partition coefficient (Wildman–Crippen LogP) is 1.95. The summed E-state index contributed by atoms with van der Waals surface area (Å²) in [5, 5.41) is 0. The number of nitrogen functional groups attached to an aromatic ring is 1. The van der Waals surface area contributed by atoms with Gasteiger partial charge in [-0.25, -0.2) is 0 Å². The molecule has 2 amide bonds. The van der Waals surface area contributed by atoms with Crippen LogP contribution in [-0.2, 0) is 9.59 Å². The number of amides is 2. The van der Waals surface area contributed by atoms with Gasteiger partial charge in [0.05, 0.1) is 5.69 Å². The average Bonchev–Trinajstić information content (AvgIpc) is 2.31. The summed E-state index contributed by atoms with van der Waals surface area (Å²) in [5.41, 5.74) is 6.74. The number of hydrogen-bond acceptors (Lipinski definition) is 3. The van der Waals surface area contributed by atoms with E-state index >= 15 is 0 Å². The van der Waals surface area contributed by atoms with Crippen LogP contribution in [0.25, 0.3) is 0 Å². The van der Waals surface area contributed by atoms with E-state index in [-0.39, 0.29) is 11.8 Å². The standard InChI is InChI=1S/C12H16N2O2/c1-3-11(15)14(12(16)4-2)10-7-5-9(13)6-8-10/h5-8H,3-4,13H2,1-2H3. The summed E-state index contributed by atoms with van der Waals surface area (Å²) in [6.45, 7) is 3.46. The summed E-state index contributed by atoms with van der Waals surface area (Å²) in [6.07, 6.45) is 0.603. The summed E-state index contributed by atoms with van der Waals surface area (Å²) in [4.78, 5) is 24.6. The fourth-order valence-corrected chi connectivity index (χ4v) is 1.37. The van der Waals surface area contributed by atoms with E-state index in [9.17, 15) is 9.59 Å². The van der Waals surface area contributed by atoms with Gasteiger partial charge in [-0.3, -0.25) is 14.5 Å². The number of anilines is 2. The molecule has 0 heterocycles. The van der Waals surface area contributed by atoms with Crippen LogP contribution in [0.4, 0.5) is 11.4 Å². The summed E-state index contributed by atoms with van der Waals surface area (Å²) in [7, 11) is 0. The fourth-order valence-electron chi connectivity index (χ4n) is 1.37. The zero-order valence-corrected chi connectivity index (χ0v) is 9.56. The van der Waals surface area contributed by atoms with E-state index < -0.39 is 0 Å². The second-order valence-corrected chi connectivity index (χ2v) is 3.42. The van der Waals surface area contributed by atoms with E-state index in [0.29, 0.717) is 24.2 Å². The third-order valence-corrected chi connectivity index (χ3v) is 2.25. The lowest BCUT2D eigenvalue weighted by molar-refractivity contribution is -0.126. The molecular formula is C12H16N2O2. The quantitative estimate of drug-likeness (QED) is 0.792. The van der Waals surface area contributed by atoms with E-state index in [4.69, 9.17) is 5.73 Å². The molecular weight excluding hydrogens is 204 g/mol. The highest BCUT2D eigenvalue weighted by atomic mass is 16.2. The molecule has 0 radical (unpaired) electrons. The van der Waals surface area contributed by atoms with Crippen LogP contribution in [0.5, 0.6) is 0 Å². The SMILES string of the molecule is CCC(=O)N(C(=O)CC)c1ccc(N)cc1. The minimum atomic E-state index is -0.198. The smallest absolute Gasteiger partial charge is 0.233 e. The maximum absolute atomic E-state index is 11.7. The molecule has 0 saturated heterocycles. The number of hydrogen-bond donors (Lipinski definition) is 1. The topological polar surface area (TPSA) is 63.4 Å². The van der Waals surface area contributed by atoms with Crippen molar-refractivity contribution in [2.24, 2.45) is 0 Å². The fraction of sp³-hybridized carbons (Fsp3) is 0.333. The van der Waals surface area contributed by atoms with Crippen molar-refractivity contribution in [3.8, 4) is 0 Å². The van der Waals surface area contributed by atoms with Gasteiger partial charge in [0.15, 0.2) is 0 Å². The largest absolute Gasteiger partial charge is 0.399 e. The molecule has 0 aliphatic rings. The van der Waals surface area contributed by atoms with Gasteiger partial charge in [-0.15, -0.1) is 0 Å². The molecule has 0 spiro atoms. The first-order valence-electron chi connectivity index (χ1n) is 5.31. The number of imide groups is 1. The number of rotatable bonds is 3. The Morgan fingerprint density at radius 3 is 1.88 bits per heavy atom. The van der Waals surface area contributed by atoms with Crippen LogP contribution in [0.1, 0.15) is 26.7 Å². The van der Waals surface area contributed by atoms with E-state index in [1.807, 2.05) is 0 Å². The van der Waals surface area contributed by atoms with Crippen molar-refractivity contribution in [2.45, 2.75) is 26.7 Å². The monoisotopic (exact) mass is 220 g/mol. The van der Waals surface area contributed by atoms with Crippen LogP contribution in [0.3, 0.4) is 0 Å². The molecule has 4 heteroatoms.